The Morgan fingerprint density at radius 3 is 2.57 bits per heavy atom. The van der Waals surface area contributed by atoms with E-state index < -0.39 is 0 Å². The predicted molar refractivity (Wildman–Crippen MR) is 90.8 cm³/mol. The quantitative estimate of drug-likeness (QED) is 0.499. The van der Waals surface area contributed by atoms with Gasteiger partial charge in [0.15, 0.2) is 0 Å². The molecule has 0 radical (unpaired) electrons. The van der Waals surface area contributed by atoms with E-state index in [4.69, 9.17) is 4.74 Å². The summed E-state index contributed by atoms with van der Waals surface area (Å²) in [7, 11) is 2.13. The Balaban J connectivity index is 2.21. The van der Waals surface area contributed by atoms with E-state index in [0.717, 1.165) is 44.8 Å². The molecule has 1 aromatic rings. The van der Waals surface area contributed by atoms with E-state index in [1.54, 1.807) is 0 Å². The molecule has 0 aliphatic carbocycles. The lowest BCUT2D eigenvalue weighted by Gasteiger charge is -2.16. The van der Waals surface area contributed by atoms with E-state index in [0.29, 0.717) is 6.04 Å². The second-order valence-corrected chi connectivity index (χ2v) is 5.76. The molecule has 0 atom stereocenters. The molecule has 0 bridgehead atoms. The Morgan fingerprint density at radius 1 is 1.24 bits per heavy atom. The third-order valence-electron chi connectivity index (χ3n) is 3.33. The van der Waals surface area contributed by atoms with Crippen molar-refractivity contribution in [3.63, 3.8) is 0 Å². The second kappa shape index (κ2) is 10.4. The highest BCUT2D eigenvalue weighted by Gasteiger charge is 2.00. The van der Waals surface area contributed by atoms with Gasteiger partial charge in [0, 0.05) is 19.1 Å². The molecule has 3 heteroatoms. The van der Waals surface area contributed by atoms with E-state index in [2.05, 4.69) is 62.0 Å². The zero-order valence-corrected chi connectivity index (χ0v) is 13.8. The van der Waals surface area contributed by atoms with Gasteiger partial charge in [0.2, 0.25) is 0 Å². The van der Waals surface area contributed by atoms with Crippen molar-refractivity contribution in [1.29, 1.82) is 0 Å². The average Bonchev–Trinajstić information content (AvgIpc) is 2.46. The van der Waals surface area contributed by atoms with Gasteiger partial charge in [-0.1, -0.05) is 32.1 Å². The van der Waals surface area contributed by atoms with Crippen molar-refractivity contribution >= 4 is 0 Å². The molecule has 0 heterocycles. The number of hydrogen-bond donors (Lipinski definition) is 1. The van der Waals surface area contributed by atoms with E-state index in [1.165, 1.54) is 5.56 Å². The highest BCUT2D eigenvalue weighted by atomic mass is 16.5. The van der Waals surface area contributed by atoms with Gasteiger partial charge in [-0.15, -0.1) is 6.58 Å². The molecule has 0 unspecified atom stereocenters. The van der Waals surface area contributed by atoms with Crippen LogP contribution in [0.25, 0.3) is 0 Å². The Hall–Kier alpha value is -1.32. The summed E-state index contributed by atoms with van der Waals surface area (Å²) in [6, 6.07) is 8.86. The fraction of sp³-hybridized carbons (Fsp3) is 0.556. The number of benzene rings is 1. The highest BCUT2D eigenvalue weighted by molar-refractivity contribution is 5.27. The van der Waals surface area contributed by atoms with Gasteiger partial charge in [-0.25, -0.2) is 0 Å². The number of likely N-dealkylation sites (N-methyl/N-ethyl adjacent to an activating group) is 1. The van der Waals surface area contributed by atoms with Crippen molar-refractivity contribution < 1.29 is 4.74 Å². The van der Waals surface area contributed by atoms with E-state index in [-0.39, 0.29) is 0 Å². The molecule has 118 valence electrons. The van der Waals surface area contributed by atoms with Gasteiger partial charge < -0.3 is 15.0 Å². The number of unbranched alkanes of at least 4 members (excludes halogenated alkanes) is 1. The summed E-state index contributed by atoms with van der Waals surface area (Å²) >= 11 is 0. The molecule has 1 rings (SSSR count). The number of ether oxygens (including phenoxy) is 1. The number of rotatable bonds is 11. The number of hydrogen-bond acceptors (Lipinski definition) is 3. The van der Waals surface area contributed by atoms with Gasteiger partial charge in [0.05, 0.1) is 0 Å². The normalized spacial score (nSPS) is 11.1. The van der Waals surface area contributed by atoms with Crippen molar-refractivity contribution in [2.75, 3.05) is 26.7 Å². The Labute approximate surface area is 130 Å². The number of nitrogens with one attached hydrogen (secondary N) is 1. The van der Waals surface area contributed by atoms with Crippen LogP contribution >= 0.6 is 0 Å². The van der Waals surface area contributed by atoms with Gasteiger partial charge in [0.25, 0.3) is 0 Å². The standard InChI is InChI=1S/C18H30N2O/c1-5-6-7-12-20(4)13-14-21-18-10-8-17(9-11-18)15-19-16(2)3/h5,8-11,16,19H,1,6-7,12-15H2,2-4H3. The lowest BCUT2D eigenvalue weighted by atomic mass is 10.2. The van der Waals surface area contributed by atoms with Crippen molar-refractivity contribution in [3.8, 4) is 5.75 Å². The van der Waals surface area contributed by atoms with Crippen LogP contribution in [0.3, 0.4) is 0 Å². The molecule has 0 aromatic heterocycles. The monoisotopic (exact) mass is 290 g/mol. The van der Waals surface area contributed by atoms with Crippen LogP contribution in [0.1, 0.15) is 32.3 Å². The zero-order chi connectivity index (χ0) is 15.5. The van der Waals surface area contributed by atoms with Crippen LogP contribution in [0.5, 0.6) is 5.75 Å². The molecule has 0 fully saturated rings. The summed E-state index contributed by atoms with van der Waals surface area (Å²) in [6.07, 6.45) is 4.22. The Morgan fingerprint density at radius 2 is 1.95 bits per heavy atom. The van der Waals surface area contributed by atoms with Crippen LogP contribution in [0.2, 0.25) is 0 Å². The minimum atomic E-state index is 0.512. The van der Waals surface area contributed by atoms with Crippen LogP contribution in [-0.4, -0.2) is 37.7 Å². The molecular formula is C18H30N2O. The van der Waals surface area contributed by atoms with Gasteiger partial charge in [-0.05, 0) is 44.1 Å². The van der Waals surface area contributed by atoms with Crippen molar-refractivity contribution in [2.45, 2.75) is 39.3 Å². The molecule has 1 N–H and O–H groups in total. The SMILES string of the molecule is C=CCCCN(C)CCOc1ccc(CNC(C)C)cc1. The van der Waals surface area contributed by atoms with E-state index in [9.17, 15) is 0 Å². The fourth-order valence-electron chi connectivity index (χ4n) is 1.96. The second-order valence-electron chi connectivity index (χ2n) is 5.76. The smallest absolute Gasteiger partial charge is 0.119 e. The molecule has 0 spiro atoms. The predicted octanol–water partition coefficient (Wildman–Crippen LogP) is 3.46. The first-order chi connectivity index (χ1) is 10.1. The number of allylic oxidation sites excluding steroid dienone is 1. The van der Waals surface area contributed by atoms with E-state index >= 15 is 0 Å². The van der Waals surface area contributed by atoms with Crippen molar-refractivity contribution in [3.05, 3.63) is 42.5 Å². The molecule has 21 heavy (non-hydrogen) atoms. The molecule has 0 saturated carbocycles. The molecule has 0 saturated heterocycles. The molecule has 3 nitrogen and oxygen atoms in total. The van der Waals surface area contributed by atoms with Gasteiger partial charge in [0.1, 0.15) is 12.4 Å². The lowest BCUT2D eigenvalue weighted by Crippen LogP contribution is -2.25. The summed E-state index contributed by atoms with van der Waals surface area (Å²) in [6.45, 7) is 11.7. The lowest BCUT2D eigenvalue weighted by molar-refractivity contribution is 0.236. The topological polar surface area (TPSA) is 24.5 Å². The van der Waals surface area contributed by atoms with E-state index in [1.807, 2.05) is 6.08 Å². The minimum absolute atomic E-state index is 0.512. The van der Waals surface area contributed by atoms with Crippen LogP contribution in [0.15, 0.2) is 36.9 Å². The molecule has 0 amide bonds. The zero-order valence-electron chi connectivity index (χ0n) is 13.8. The summed E-state index contributed by atoms with van der Waals surface area (Å²) in [5.74, 6) is 0.947. The summed E-state index contributed by atoms with van der Waals surface area (Å²) in [5, 5.41) is 3.41. The fourth-order valence-corrected chi connectivity index (χ4v) is 1.96. The van der Waals surface area contributed by atoms with Gasteiger partial charge in [-0.3, -0.25) is 0 Å². The van der Waals surface area contributed by atoms with Crippen LogP contribution < -0.4 is 10.1 Å². The third kappa shape index (κ3) is 8.53. The largest absolute Gasteiger partial charge is 0.492 e. The Kier molecular flexibility index (Phi) is 8.79. The molecular weight excluding hydrogens is 260 g/mol. The highest BCUT2D eigenvalue weighted by Crippen LogP contribution is 2.12. The first kappa shape index (κ1) is 17.7. The van der Waals surface area contributed by atoms with Gasteiger partial charge in [-0.2, -0.15) is 0 Å². The molecule has 0 aliphatic rings. The van der Waals surface area contributed by atoms with Crippen LogP contribution in [0, 0.1) is 0 Å². The maximum atomic E-state index is 5.78. The summed E-state index contributed by atoms with van der Waals surface area (Å²) in [4.78, 5) is 2.30. The molecule has 0 aliphatic heterocycles. The van der Waals surface area contributed by atoms with Crippen molar-refractivity contribution in [1.82, 2.24) is 10.2 Å². The Bertz CT molecular complexity index is 387. The first-order valence-corrected chi connectivity index (χ1v) is 7.86. The number of nitrogens with zero attached hydrogens (tertiary/aromatic N) is 1. The van der Waals surface area contributed by atoms with Crippen LogP contribution in [-0.2, 0) is 6.54 Å². The minimum Gasteiger partial charge on any atom is -0.492 e. The van der Waals surface area contributed by atoms with Crippen LogP contribution in [0.4, 0.5) is 0 Å². The maximum absolute atomic E-state index is 5.78. The maximum Gasteiger partial charge on any atom is 0.119 e. The summed E-state index contributed by atoms with van der Waals surface area (Å²) < 4.78 is 5.78. The van der Waals surface area contributed by atoms with Gasteiger partial charge >= 0.3 is 0 Å². The first-order valence-electron chi connectivity index (χ1n) is 7.86. The van der Waals surface area contributed by atoms with Crippen molar-refractivity contribution in [2.24, 2.45) is 0 Å². The third-order valence-corrected chi connectivity index (χ3v) is 3.33. The average molecular weight is 290 g/mol. The molecule has 1 aromatic carbocycles. The summed E-state index contributed by atoms with van der Waals surface area (Å²) in [5.41, 5.74) is 1.29.